The lowest BCUT2D eigenvalue weighted by Crippen LogP contribution is -1.96. The molecule has 0 fully saturated rings. The zero-order valence-corrected chi connectivity index (χ0v) is 13.3. The molecule has 0 heterocycles. The van der Waals surface area contributed by atoms with E-state index < -0.39 is 5.82 Å². The van der Waals surface area contributed by atoms with Crippen LogP contribution < -0.4 is 4.74 Å². The molecule has 3 heteroatoms. The van der Waals surface area contributed by atoms with Crippen molar-refractivity contribution in [1.29, 1.82) is 0 Å². The first-order valence-corrected chi connectivity index (χ1v) is 7.77. The Labute approximate surface area is 136 Å². The first kappa shape index (κ1) is 16.4. The third-order valence-corrected chi connectivity index (χ3v) is 3.45. The Kier molecular flexibility index (Phi) is 6.30. The molecule has 0 bridgehead atoms. The van der Waals surface area contributed by atoms with Crippen molar-refractivity contribution in [2.45, 2.75) is 26.2 Å². The molecule has 2 rings (SSSR count). The van der Waals surface area contributed by atoms with E-state index in [1.165, 1.54) is 25.0 Å². The molecule has 22 heavy (non-hydrogen) atoms. The van der Waals surface area contributed by atoms with Crippen LogP contribution in [0.2, 0.25) is 5.02 Å². The second kappa shape index (κ2) is 8.46. The summed E-state index contributed by atoms with van der Waals surface area (Å²) in [6.07, 6.45) is 3.44. The molecule has 0 atom stereocenters. The van der Waals surface area contributed by atoms with E-state index in [9.17, 15) is 4.39 Å². The van der Waals surface area contributed by atoms with E-state index in [0.29, 0.717) is 5.56 Å². The van der Waals surface area contributed by atoms with Gasteiger partial charge >= 0.3 is 0 Å². The lowest BCUT2D eigenvalue weighted by Gasteiger charge is -2.05. The molecule has 0 saturated carbocycles. The Hall–Kier alpha value is -1.98. The fourth-order valence-corrected chi connectivity index (χ4v) is 2.01. The summed E-state index contributed by atoms with van der Waals surface area (Å²) in [6.45, 7) is 2.91. The summed E-state index contributed by atoms with van der Waals surface area (Å²) in [7, 11) is 0. The first-order valence-electron chi connectivity index (χ1n) is 7.39. The van der Waals surface area contributed by atoms with E-state index in [2.05, 4.69) is 18.8 Å². The van der Waals surface area contributed by atoms with Crippen LogP contribution in [0.25, 0.3) is 0 Å². The molecule has 0 saturated heterocycles. The van der Waals surface area contributed by atoms with Crippen molar-refractivity contribution >= 4 is 11.6 Å². The van der Waals surface area contributed by atoms with Crippen LogP contribution in [0.5, 0.6) is 5.75 Å². The smallest absolute Gasteiger partial charge is 0.143 e. The number of unbranched alkanes of at least 4 members (excludes halogenated alkanes) is 2. The standard InChI is InChI=1S/C19H18ClFO/c1-2-3-4-13-22-17-10-7-15(8-11-17)5-6-16-9-12-18(20)19(21)14-16/h7-12,14H,2-4,13H2,1H3. The molecular formula is C19H18ClFO. The highest BCUT2D eigenvalue weighted by Gasteiger charge is 1.98. The Morgan fingerprint density at radius 1 is 1.00 bits per heavy atom. The highest BCUT2D eigenvalue weighted by atomic mass is 35.5. The van der Waals surface area contributed by atoms with Crippen molar-refractivity contribution in [2.75, 3.05) is 6.61 Å². The molecule has 0 N–H and O–H groups in total. The fraction of sp³-hybridized carbons (Fsp3) is 0.263. The minimum atomic E-state index is -0.454. The van der Waals surface area contributed by atoms with Gasteiger partial charge in [0.05, 0.1) is 11.6 Å². The van der Waals surface area contributed by atoms with E-state index >= 15 is 0 Å². The van der Waals surface area contributed by atoms with Crippen molar-refractivity contribution < 1.29 is 9.13 Å². The SMILES string of the molecule is CCCCCOc1ccc(C#Cc2ccc(Cl)c(F)c2)cc1. The number of hydrogen-bond donors (Lipinski definition) is 0. The van der Waals surface area contributed by atoms with Gasteiger partial charge in [-0.25, -0.2) is 4.39 Å². The molecule has 0 amide bonds. The van der Waals surface area contributed by atoms with Crippen molar-refractivity contribution in [3.8, 4) is 17.6 Å². The average molecular weight is 317 g/mol. The Morgan fingerprint density at radius 3 is 2.36 bits per heavy atom. The molecule has 0 aliphatic rings. The number of halogens is 2. The topological polar surface area (TPSA) is 9.23 Å². The van der Waals surface area contributed by atoms with Gasteiger partial charge in [0, 0.05) is 11.1 Å². The normalized spacial score (nSPS) is 9.95. The van der Waals surface area contributed by atoms with Gasteiger partial charge in [0.25, 0.3) is 0 Å². The molecule has 2 aromatic rings. The van der Waals surface area contributed by atoms with E-state index in [-0.39, 0.29) is 5.02 Å². The maximum Gasteiger partial charge on any atom is 0.143 e. The second-order valence-electron chi connectivity index (χ2n) is 4.96. The molecule has 0 radical (unpaired) electrons. The Morgan fingerprint density at radius 2 is 1.68 bits per heavy atom. The highest BCUT2D eigenvalue weighted by molar-refractivity contribution is 6.30. The molecule has 1 nitrogen and oxygen atoms in total. The lowest BCUT2D eigenvalue weighted by molar-refractivity contribution is 0.306. The van der Waals surface area contributed by atoms with E-state index in [4.69, 9.17) is 16.3 Å². The maximum atomic E-state index is 13.3. The summed E-state index contributed by atoms with van der Waals surface area (Å²) in [5.41, 5.74) is 1.46. The molecule has 0 unspecified atom stereocenters. The molecule has 2 aromatic carbocycles. The third-order valence-electron chi connectivity index (χ3n) is 3.14. The molecule has 0 aliphatic heterocycles. The number of ether oxygens (including phenoxy) is 1. The third kappa shape index (κ3) is 5.09. The van der Waals surface area contributed by atoms with Crippen LogP contribution in [-0.2, 0) is 0 Å². The van der Waals surface area contributed by atoms with Crippen LogP contribution in [0.1, 0.15) is 37.3 Å². The summed E-state index contributed by atoms with van der Waals surface area (Å²) in [6, 6.07) is 12.1. The molecule has 0 aromatic heterocycles. The summed E-state index contributed by atoms with van der Waals surface area (Å²) in [5.74, 6) is 6.31. The van der Waals surface area contributed by atoms with Crippen molar-refractivity contribution in [1.82, 2.24) is 0 Å². The van der Waals surface area contributed by atoms with Crippen molar-refractivity contribution in [3.05, 3.63) is 64.4 Å². The average Bonchev–Trinajstić information content (AvgIpc) is 2.54. The van der Waals surface area contributed by atoms with Gasteiger partial charge in [-0.2, -0.15) is 0 Å². The van der Waals surface area contributed by atoms with E-state index in [1.54, 1.807) is 6.07 Å². The predicted octanol–water partition coefficient (Wildman–Crippen LogP) is 5.45. The predicted molar refractivity (Wildman–Crippen MR) is 88.9 cm³/mol. The fourth-order valence-electron chi connectivity index (χ4n) is 1.89. The van der Waals surface area contributed by atoms with Gasteiger partial charge < -0.3 is 4.74 Å². The maximum absolute atomic E-state index is 13.3. The number of rotatable bonds is 5. The lowest BCUT2D eigenvalue weighted by atomic mass is 10.2. The van der Waals surface area contributed by atoms with Gasteiger partial charge in [-0.15, -0.1) is 0 Å². The number of benzene rings is 2. The van der Waals surface area contributed by atoms with Gasteiger partial charge in [0.1, 0.15) is 11.6 Å². The zero-order valence-electron chi connectivity index (χ0n) is 12.5. The largest absolute Gasteiger partial charge is 0.494 e. The van der Waals surface area contributed by atoms with Crippen LogP contribution in [0, 0.1) is 17.7 Å². The van der Waals surface area contributed by atoms with Crippen molar-refractivity contribution in [2.24, 2.45) is 0 Å². The van der Waals surface area contributed by atoms with Crippen LogP contribution in [0.3, 0.4) is 0 Å². The summed E-state index contributed by atoms with van der Waals surface area (Å²) in [4.78, 5) is 0. The monoisotopic (exact) mass is 316 g/mol. The van der Waals surface area contributed by atoms with Crippen LogP contribution >= 0.6 is 11.6 Å². The summed E-state index contributed by atoms with van der Waals surface area (Å²) in [5, 5.41) is 0.107. The molecule has 114 valence electrons. The Bertz CT molecular complexity index is 668. The number of hydrogen-bond acceptors (Lipinski definition) is 1. The highest BCUT2D eigenvalue weighted by Crippen LogP contribution is 2.15. The van der Waals surface area contributed by atoms with Crippen LogP contribution in [-0.4, -0.2) is 6.61 Å². The summed E-state index contributed by atoms with van der Waals surface area (Å²) >= 11 is 5.64. The quantitative estimate of drug-likeness (QED) is 0.526. The van der Waals surface area contributed by atoms with Crippen molar-refractivity contribution in [3.63, 3.8) is 0 Å². The van der Waals surface area contributed by atoms with Gasteiger partial charge in [-0.1, -0.05) is 43.2 Å². The van der Waals surface area contributed by atoms with Gasteiger partial charge in [-0.3, -0.25) is 0 Å². The molecular weight excluding hydrogens is 299 g/mol. The van der Waals surface area contributed by atoms with Crippen LogP contribution in [0.4, 0.5) is 4.39 Å². The van der Waals surface area contributed by atoms with Gasteiger partial charge in [0.15, 0.2) is 0 Å². The summed E-state index contributed by atoms with van der Waals surface area (Å²) < 4.78 is 19.0. The first-order chi connectivity index (χ1) is 10.7. The zero-order chi connectivity index (χ0) is 15.8. The minimum absolute atomic E-state index is 0.107. The molecule has 0 spiro atoms. The molecule has 0 aliphatic carbocycles. The second-order valence-corrected chi connectivity index (χ2v) is 5.37. The minimum Gasteiger partial charge on any atom is -0.494 e. The van der Waals surface area contributed by atoms with Crippen LogP contribution in [0.15, 0.2) is 42.5 Å². The van der Waals surface area contributed by atoms with Gasteiger partial charge in [-0.05, 0) is 48.9 Å². The van der Waals surface area contributed by atoms with E-state index in [0.717, 1.165) is 24.3 Å². The Balaban J connectivity index is 1.96. The van der Waals surface area contributed by atoms with E-state index in [1.807, 2.05) is 24.3 Å². The van der Waals surface area contributed by atoms with Gasteiger partial charge in [0.2, 0.25) is 0 Å².